The standard InChI is InChI=1S/C15H25N3O4/c1-14(2,3)22-13(21)16-9-10-7-5-6-8-15(10)11(19)18(4)12(20)17-15/h10H,5-9H2,1-4H3,(H,16,21)(H,17,20)/t10-,15-/m1/s1. The predicted octanol–water partition coefficient (Wildman–Crippen LogP) is 1.62. The zero-order valence-electron chi connectivity index (χ0n) is 13.7. The van der Waals surface area contributed by atoms with Gasteiger partial charge in [0.15, 0.2) is 0 Å². The molecule has 4 amide bonds. The van der Waals surface area contributed by atoms with E-state index in [1.54, 1.807) is 20.8 Å². The van der Waals surface area contributed by atoms with Gasteiger partial charge in [-0.1, -0.05) is 12.8 Å². The van der Waals surface area contributed by atoms with Crippen LogP contribution in [0.5, 0.6) is 0 Å². The smallest absolute Gasteiger partial charge is 0.407 e. The molecule has 1 saturated heterocycles. The lowest BCUT2D eigenvalue weighted by Gasteiger charge is -2.39. The fourth-order valence-electron chi connectivity index (χ4n) is 3.21. The predicted molar refractivity (Wildman–Crippen MR) is 80.2 cm³/mol. The summed E-state index contributed by atoms with van der Waals surface area (Å²) >= 11 is 0. The fourth-order valence-corrected chi connectivity index (χ4v) is 3.21. The largest absolute Gasteiger partial charge is 0.444 e. The van der Waals surface area contributed by atoms with Crippen LogP contribution in [0.15, 0.2) is 0 Å². The average molecular weight is 311 g/mol. The van der Waals surface area contributed by atoms with Crippen LogP contribution in [0.2, 0.25) is 0 Å². The van der Waals surface area contributed by atoms with E-state index in [1.165, 1.54) is 7.05 Å². The molecule has 2 atom stereocenters. The monoisotopic (exact) mass is 311 g/mol. The molecule has 0 bridgehead atoms. The molecule has 2 aliphatic rings. The molecule has 1 heterocycles. The first-order chi connectivity index (χ1) is 10.2. The molecule has 1 spiro atoms. The SMILES string of the molecule is CN1C(=O)N[C@@]2(CCCC[C@@H]2CNC(=O)OC(C)(C)C)C1=O. The van der Waals surface area contributed by atoms with Gasteiger partial charge in [-0.05, 0) is 33.6 Å². The van der Waals surface area contributed by atoms with Gasteiger partial charge in [0.1, 0.15) is 11.1 Å². The van der Waals surface area contributed by atoms with Crippen molar-refractivity contribution < 1.29 is 19.1 Å². The van der Waals surface area contributed by atoms with Crippen molar-refractivity contribution in [1.29, 1.82) is 0 Å². The third kappa shape index (κ3) is 3.18. The Morgan fingerprint density at radius 2 is 2.09 bits per heavy atom. The Hall–Kier alpha value is -1.79. The molecule has 0 aromatic rings. The average Bonchev–Trinajstić information content (AvgIpc) is 2.61. The van der Waals surface area contributed by atoms with Gasteiger partial charge in [0.25, 0.3) is 5.91 Å². The summed E-state index contributed by atoms with van der Waals surface area (Å²) in [7, 11) is 1.49. The summed E-state index contributed by atoms with van der Waals surface area (Å²) in [6.07, 6.45) is 2.77. The summed E-state index contributed by atoms with van der Waals surface area (Å²) in [6.45, 7) is 5.70. The number of nitrogens with one attached hydrogen (secondary N) is 2. The van der Waals surface area contributed by atoms with Crippen molar-refractivity contribution >= 4 is 18.0 Å². The van der Waals surface area contributed by atoms with Crippen LogP contribution in [0.25, 0.3) is 0 Å². The Morgan fingerprint density at radius 1 is 1.41 bits per heavy atom. The molecule has 2 N–H and O–H groups in total. The summed E-state index contributed by atoms with van der Waals surface area (Å²) in [5, 5.41) is 5.56. The maximum absolute atomic E-state index is 12.5. The second-order valence-electron chi connectivity index (χ2n) is 7.09. The molecule has 0 radical (unpaired) electrons. The number of alkyl carbamates (subject to hydrolysis) is 1. The number of imide groups is 1. The molecule has 1 aliphatic carbocycles. The molecule has 2 rings (SSSR count). The molecular weight excluding hydrogens is 286 g/mol. The first kappa shape index (κ1) is 16.6. The zero-order chi connectivity index (χ0) is 16.5. The molecule has 1 saturated carbocycles. The van der Waals surface area contributed by atoms with Crippen molar-refractivity contribution in [3.8, 4) is 0 Å². The maximum Gasteiger partial charge on any atom is 0.407 e. The molecule has 0 unspecified atom stereocenters. The molecule has 7 heteroatoms. The highest BCUT2D eigenvalue weighted by Gasteiger charge is 2.55. The number of carbonyl (C=O) groups is 3. The van der Waals surface area contributed by atoms with Gasteiger partial charge in [-0.25, -0.2) is 9.59 Å². The lowest BCUT2D eigenvalue weighted by Crippen LogP contribution is -2.57. The Bertz CT molecular complexity index is 486. The van der Waals surface area contributed by atoms with E-state index in [4.69, 9.17) is 4.74 Å². The van der Waals surface area contributed by atoms with Gasteiger partial charge in [0, 0.05) is 19.5 Å². The first-order valence-corrected chi connectivity index (χ1v) is 7.73. The van der Waals surface area contributed by atoms with Gasteiger partial charge in [-0.15, -0.1) is 0 Å². The van der Waals surface area contributed by atoms with E-state index < -0.39 is 17.2 Å². The number of ether oxygens (including phenoxy) is 1. The quantitative estimate of drug-likeness (QED) is 0.759. The van der Waals surface area contributed by atoms with Crippen molar-refractivity contribution in [1.82, 2.24) is 15.5 Å². The van der Waals surface area contributed by atoms with E-state index >= 15 is 0 Å². The van der Waals surface area contributed by atoms with Crippen LogP contribution < -0.4 is 10.6 Å². The van der Waals surface area contributed by atoms with Crippen molar-refractivity contribution in [3.05, 3.63) is 0 Å². The third-order valence-corrected chi connectivity index (χ3v) is 4.28. The van der Waals surface area contributed by atoms with Gasteiger partial charge >= 0.3 is 12.1 Å². The number of hydrogen-bond donors (Lipinski definition) is 2. The van der Waals surface area contributed by atoms with Crippen LogP contribution in [0, 0.1) is 5.92 Å². The molecule has 124 valence electrons. The highest BCUT2D eigenvalue weighted by atomic mass is 16.6. The van der Waals surface area contributed by atoms with Gasteiger partial charge < -0.3 is 15.4 Å². The normalized spacial score (nSPS) is 28.7. The topological polar surface area (TPSA) is 87.7 Å². The summed E-state index contributed by atoms with van der Waals surface area (Å²) in [5.41, 5.74) is -1.44. The highest BCUT2D eigenvalue weighted by Crippen LogP contribution is 2.37. The highest BCUT2D eigenvalue weighted by molar-refractivity contribution is 6.07. The molecule has 1 aliphatic heterocycles. The molecule has 0 aromatic heterocycles. The van der Waals surface area contributed by atoms with Crippen LogP contribution in [0.1, 0.15) is 46.5 Å². The van der Waals surface area contributed by atoms with Crippen molar-refractivity contribution in [2.24, 2.45) is 5.92 Å². The van der Waals surface area contributed by atoms with Gasteiger partial charge in [-0.2, -0.15) is 0 Å². The van der Waals surface area contributed by atoms with Crippen LogP contribution in [-0.4, -0.2) is 47.7 Å². The number of amides is 4. The first-order valence-electron chi connectivity index (χ1n) is 7.73. The summed E-state index contributed by atoms with van der Waals surface area (Å²) in [5.74, 6) is -0.316. The van der Waals surface area contributed by atoms with Gasteiger partial charge in [0.2, 0.25) is 0 Å². The Balaban J connectivity index is 2.04. The number of nitrogens with zero attached hydrogens (tertiary/aromatic N) is 1. The zero-order valence-corrected chi connectivity index (χ0v) is 13.7. The third-order valence-electron chi connectivity index (χ3n) is 4.28. The van der Waals surface area contributed by atoms with Crippen molar-refractivity contribution in [2.45, 2.75) is 57.6 Å². The maximum atomic E-state index is 12.5. The summed E-state index contributed by atoms with van der Waals surface area (Å²) in [6, 6.07) is -0.367. The van der Waals surface area contributed by atoms with E-state index in [-0.39, 0.29) is 17.9 Å². The fraction of sp³-hybridized carbons (Fsp3) is 0.800. The molecule has 2 fully saturated rings. The molecule has 0 aromatic carbocycles. The van der Waals surface area contributed by atoms with E-state index in [1.807, 2.05) is 0 Å². The van der Waals surface area contributed by atoms with E-state index in [0.29, 0.717) is 13.0 Å². The van der Waals surface area contributed by atoms with Gasteiger partial charge in [-0.3, -0.25) is 9.69 Å². The van der Waals surface area contributed by atoms with Crippen LogP contribution in [0.3, 0.4) is 0 Å². The van der Waals surface area contributed by atoms with Crippen molar-refractivity contribution in [3.63, 3.8) is 0 Å². The van der Waals surface area contributed by atoms with Crippen LogP contribution in [0.4, 0.5) is 9.59 Å². The summed E-state index contributed by atoms with van der Waals surface area (Å²) < 4.78 is 5.22. The summed E-state index contributed by atoms with van der Waals surface area (Å²) in [4.78, 5) is 37.2. The van der Waals surface area contributed by atoms with E-state index in [2.05, 4.69) is 10.6 Å². The minimum Gasteiger partial charge on any atom is -0.444 e. The lowest BCUT2D eigenvalue weighted by molar-refractivity contribution is -0.133. The van der Waals surface area contributed by atoms with E-state index in [0.717, 1.165) is 24.2 Å². The Kier molecular flexibility index (Phi) is 4.35. The number of urea groups is 1. The van der Waals surface area contributed by atoms with Gasteiger partial charge in [0.05, 0.1) is 0 Å². The molecule has 22 heavy (non-hydrogen) atoms. The number of hydrogen-bond acceptors (Lipinski definition) is 4. The Labute approximate surface area is 130 Å². The second kappa shape index (κ2) is 5.78. The minimum absolute atomic E-state index is 0.116. The van der Waals surface area contributed by atoms with Crippen LogP contribution in [-0.2, 0) is 9.53 Å². The van der Waals surface area contributed by atoms with E-state index in [9.17, 15) is 14.4 Å². The lowest BCUT2D eigenvalue weighted by atomic mass is 9.72. The number of rotatable bonds is 2. The molecule has 7 nitrogen and oxygen atoms in total. The number of likely N-dealkylation sites (N-methyl/N-ethyl adjacent to an activating group) is 1. The molecular formula is C15H25N3O4. The van der Waals surface area contributed by atoms with Crippen molar-refractivity contribution in [2.75, 3.05) is 13.6 Å². The Morgan fingerprint density at radius 3 is 2.64 bits per heavy atom. The minimum atomic E-state index is -0.876. The second-order valence-corrected chi connectivity index (χ2v) is 7.09. The number of carbonyl (C=O) groups excluding carboxylic acids is 3. The van der Waals surface area contributed by atoms with Crippen LogP contribution >= 0.6 is 0 Å².